The monoisotopic (exact) mass is 504 g/mol. The number of carbonyl (C=O) groups is 2. The van der Waals surface area contributed by atoms with Crippen LogP contribution < -0.4 is 10.6 Å². The molecule has 2 N–H and O–H groups in total. The Kier molecular flexibility index (Phi) is 6.87. The fourth-order valence-corrected chi connectivity index (χ4v) is 5.63. The molecule has 7 nitrogen and oxygen atoms in total. The van der Waals surface area contributed by atoms with Gasteiger partial charge in [-0.15, -0.1) is 0 Å². The van der Waals surface area contributed by atoms with Crippen LogP contribution in [0.2, 0.25) is 5.02 Å². The second kappa shape index (κ2) is 9.54. The van der Waals surface area contributed by atoms with E-state index in [-0.39, 0.29) is 11.6 Å². The Balaban J connectivity index is 1.62. The fraction of sp³-hybridized carbons (Fsp3) is 0.417. The van der Waals surface area contributed by atoms with Crippen LogP contribution in [0.25, 0.3) is 0 Å². The number of nitrogens with zero attached hydrogens (tertiary/aromatic N) is 2. The molecule has 2 atom stereocenters. The van der Waals surface area contributed by atoms with Gasteiger partial charge in [-0.25, -0.2) is 14.2 Å². The minimum Gasteiger partial charge on any atom is -0.444 e. The summed E-state index contributed by atoms with van der Waals surface area (Å²) in [7, 11) is 0. The molecule has 0 unspecified atom stereocenters. The Morgan fingerprint density at radius 2 is 2.03 bits per heavy atom. The second-order valence-electron chi connectivity index (χ2n) is 9.38. The summed E-state index contributed by atoms with van der Waals surface area (Å²) in [6.07, 6.45) is 3.23. The lowest BCUT2D eigenvalue weighted by Crippen LogP contribution is -2.42. The zero-order chi connectivity index (χ0) is 24.5. The van der Waals surface area contributed by atoms with E-state index in [1.807, 2.05) is 0 Å². The van der Waals surface area contributed by atoms with Crippen LogP contribution in [0.15, 0.2) is 41.5 Å². The third-order valence-corrected chi connectivity index (χ3v) is 7.03. The number of rotatable bonds is 3. The van der Waals surface area contributed by atoms with Crippen molar-refractivity contribution in [3.8, 4) is 0 Å². The van der Waals surface area contributed by atoms with Gasteiger partial charge in [0.05, 0.1) is 10.6 Å². The standard InChI is InChI=1S/C24H26ClFN4O3S/c1-23(2,3)33-22(32)29-21-30-24(10-4-5-14(24)13-34-21)17-11-16(7-8-18(17)26)28-20(31)19-9-6-15(25)12-27-19/h6-9,11-12,14H,4-5,10,13H2,1-3H3,(H,28,31)(H,29,30,32)/t14-,24-/m0/s1. The van der Waals surface area contributed by atoms with E-state index in [0.29, 0.717) is 33.6 Å². The number of aromatic nitrogens is 1. The van der Waals surface area contributed by atoms with Gasteiger partial charge in [-0.3, -0.25) is 15.1 Å². The van der Waals surface area contributed by atoms with Gasteiger partial charge in [0.15, 0.2) is 5.17 Å². The van der Waals surface area contributed by atoms with Crippen molar-refractivity contribution in [2.75, 3.05) is 11.1 Å². The first-order valence-electron chi connectivity index (χ1n) is 11.0. The molecule has 1 aliphatic carbocycles. The number of pyridine rings is 1. The summed E-state index contributed by atoms with van der Waals surface area (Å²) in [4.78, 5) is 33.8. The SMILES string of the molecule is CC(C)(C)OC(=O)NC1=N[C@@]2(c3cc(NC(=O)c4ccc(Cl)cn4)ccc3F)CCC[C@H]2CS1. The van der Waals surface area contributed by atoms with Crippen LogP contribution in [0.5, 0.6) is 0 Å². The fourth-order valence-electron chi connectivity index (χ4n) is 4.33. The van der Waals surface area contributed by atoms with Crippen molar-refractivity contribution in [1.29, 1.82) is 0 Å². The molecule has 0 radical (unpaired) electrons. The van der Waals surface area contributed by atoms with Crippen LogP contribution in [-0.2, 0) is 10.3 Å². The molecule has 0 bridgehead atoms. The Hall–Kier alpha value is -2.65. The second-order valence-corrected chi connectivity index (χ2v) is 10.8. The Morgan fingerprint density at radius 1 is 1.24 bits per heavy atom. The largest absolute Gasteiger partial charge is 0.444 e. The summed E-state index contributed by atoms with van der Waals surface area (Å²) in [6.45, 7) is 5.35. The number of anilines is 1. The molecule has 180 valence electrons. The van der Waals surface area contributed by atoms with Crippen molar-refractivity contribution in [1.82, 2.24) is 10.3 Å². The lowest BCUT2D eigenvalue weighted by molar-refractivity contribution is 0.0563. The van der Waals surface area contributed by atoms with Gasteiger partial charge < -0.3 is 10.1 Å². The number of halogens is 2. The first-order chi connectivity index (χ1) is 16.1. The molecule has 4 rings (SSSR count). The van der Waals surface area contributed by atoms with E-state index >= 15 is 4.39 Å². The highest BCUT2D eigenvalue weighted by Gasteiger charge is 2.48. The zero-order valence-electron chi connectivity index (χ0n) is 19.2. The van der Waals surface area contributed by atoms with Crippen molar-refractivity contribution < 1.29 is 18.7 Å². The van der Waals surface area contributed by atoms with Crippen LogP contribution in [-0.4, -0.2) is 33.5 Å². The number of thioether (sulfide) groups is 1. The van der Waals surface area contributed by atoms with E-state index in [1.165, 1.54) is 36.2 Å². The Morgan fingerprint density at radius 3 is 2.74 bits per heavy atom. The van der Waals surface area contributed by atoms with Crippen molar-refractivity contribution in [2.45, 2.75) is 51.2 Å². The Labute approximate surface area is 206 Å². The quantitative estimate of drug-likeness (QED) is 0.555. The number of ether oxygens (including phenoxy) is 1. The number of alkyl carbamates (subject to hydrolysis) is 1. The topological polar surface area (TPSA) is 92.7 Å². The van der Waals surface area contributed by atoms with Crippen LogP contribution >= 0.6 is 23.4 Å². The number of amides is 2. The number of aliphatic imine (C=N–C) groups is 1. The molecule has 1 aliphatic heterocycles. The normalized spacial score (nSPS) is 21.9. The van der Waals surface area contributed by atoms with Gasteiger partial charge in [0, 0.05) is 23.2 Å². The molecule has 2 heterocycles. The highest BCUT2D eigenvalue weighted by atomic mass is 35.5. The van der Waals surface area contributed by atoms with E-state index in [2.05, 4.69) is 15.6 Å². The van der Waals surface area contributed by atoms with Gasteiger partial charge in [0.2, 0.25) is 0 Å². The van der Waals surface area contributed by atoms with Crippen molar-refractivity contribution in [3.05, 3.63) is 58.6 Å². The minimum absolute atomic E-state index is 0.111. The van der Waals surface area contributed by atoms with Gasteiger partial charge >= 0.3 is 6.09 Å². The maximum Gasteiger partial charge on any atom is 0.413 e. The number of nitrogens with one attached hydrogen (secondary N) is 2. The highest BCUT2D eigenvalue weighted by molar-refractivity contribution is 8.13. The van der Waals surface area contributed by atoms with Crippen LogP contribution in [0.1, 0.15) is 56.1 Å². The van der Waals surface area contributed by atoms with Gasteiger partial charge in [-0.2, -0.15) is 0 Å². The van der Waals surface area contributed by atoms with Crippen LogP contribution in [0.3, 0.4) is 0 Å². The number of fused-ring (bicyclic) bond motifs is 1. The summed E-state index contributed by atoms with van der Waals surface area (Å²) in [5.41, 5.74) is -0.425. The molecule has 0 spiro atoms. The molecule has 1 aromatic carbocycles. The molecule has 34 heavy (non-hydrogen) atoms. The number of carbonyl (C=O) groups excluding carboxylic acids is 2. The average Bonchev–Trinajstić information content (AvgIpc) is 3.18. The minimum atomic E-state index is -0.820. The third-order valence-electron chi connectivity index (χ3n) is 5.77. The van der Waals surface area contributed by atoms with Crippen molar-refractivity contribution in [2.24, 2.45) is 10.9 Å². The molecule has 2 amide bonds. The van der Waals surface area contributed by atoms with E-state index in [4.69, 9.17) is 21.3 Å². The van der Waals surface area contributed by atoms with Gasteiger partial charge in [0.1, 0.15) is 17.1 Å². The van der Waals surface area contributed by atoms with E-state index < -0.39 is 29.0 Å². The molecule has 1 fully saturated rings. The smallest absolute Gasteiger partial charge is 0.413 e. The number of benzene rings is 1. The molecule has 1 saturated carbocycles. The lowest BCUT2D eigenvalue weighted by Gasteiger charge is -2.37. The molecule has 10 heteroatoms. The van der Waals surface area contributed by atoms with E-state index in [9.17, 15) is 9.59 Å². The van der Waals surface area contributed by atoms with Crippen molar-refractivity contribution in [3.63, 3.8) is 0 Å². The maximum atomic E-state index is 15.2. The summed E-state index contributed by atoms with van der Waals surface area (Å²) in [5.74, 6) is -0.0224. The lowest BCUT2D eigenvalue weighted by atomic mass is 9.81. The zero-order valence-corrected chi connectivity index (χ0v) is 20.7. The Bertz CT molecular complexity index is 1140. The summed E-state index contributed by atoms with van der Waals surface area (Å²) in [5, 5.41) is 6.33. The summed E-state index contributed by atoms with van der Waals surface area (Å²) >= 11 is 7.28. The predicted molar refractivity (Wildman–Crippen MR) is 132 cm³/mol. The first kappa shape index (κ1) is 24.5. The van der Waals surface area contributed by atoms with Crippen molar-refractivity contribution >= 4 is 46.2 Å². The number of hydrogen-bond acceptors (Lipinski definition) is 6. The molecular weight excluding hydrogens is 479 g/mol. The number of amidine groups is 1. The average molecular weight is 505 g/mol. The highest BCUT2D eigenvalue weighted by Crippen LogP contribution is 2.52. The van der Waals surface area contributed by atoms with Gasteiger partial charge in [-0.1, -0.05) is 29.8 Å². The van der Waals surface area contributed by atoms with E-state index in [1.54, 1.807) is 32.9 Å². The molecule has 1 aromatic heterocycles. The predicted octanol–water partition coefficient (Wildman–Crippen LogP) is 5.75. The molecule has 2 aromatic rings. The van der Waals surface area contributed by atoms with Gasteiger partial charge in [0.25, 0.3) is 5.91 Å². The number of hydrogen-bond donors (Lipinski definition) is 2. The molecular formula is C24H26ClFN4O3S. The van der Waals surface area contributed by atoms with Gasteiger partial charge in [-0.05, 0) is 69.9 Å². The van der Waals surface area contributed by atoms with Crippen LogP contribution in [0.4, 0.5) is 14.9 Å². The molecule has 0 saturated heterocycles. The molecule has 2 aliphatic rings. The third kappa shape index (κ3) is 5.36. The van der Waals surface area contributed by atoms with Crippen LogP contribution in [0, 0.1) is 11.7 Å². The van der Waals surface area contributed by atoms with E-state index in [0.717, 1.165) is 12.8 Å². The first-order valence-corrected chi connectivity index (χ1v) is 12.4. The summed E-state index contributed by atoms with van der Waals surface area (Å²) in [6, 6.07) is 7.57. The maximum absolute atomic E-state index is 15.2. The summed E-state index contributed by atoms with van der Waals surface area (Å²) < 4.78 is 20.5.